The van der Waals surface area contributed by atoms with Gasteiger partial charge >= 0.3 is 0 Å². The fourth-order valence-electron chi connectivity index (χ4n) is 0.308. The molecule has 0 aromatic carbocycles. The van der Waals surface area contributed by atoms with Crippen LogP contribution in [-0.4, -0.2) is 11.5 Å². The van der Waals surface area contributed by atoms with Crippen LogP contribution in [0.2, 0.25) is 0 Å². The van der Waals surface area contributed by atoms with E-state index in [4.69, 9.17) is 5.73 Å². The van der Waals surface area contributed by atoms with E-state index < -0.39 is 4.92 Å². The number of nitrogens with two attached hydrogens (primary N) is 1. The topological polar surface area (TPSA) is 78.4 Å². The molecule has 5 heteroatoms. The third-order valence-corrected chi connectivity index (χ3v) is 0.544. The summed E-state index contributed by atoms with van der Waals surface area (Å²) in [5.41, 5.74) is 4.98. The fourth-order valence-corrected chi connectivity index (χ4v) is 0.308. The van der Waals surface area contributed by atoms with Crippen molar-refractivity contribution in [2.24, 2.45) is 5.73 Å². The molecule has 0 aliphatic heterocycles. The van der Waals surface area contributed by atoms with E-state index in [0.717, 1.165) is 0 Å². The van der Waals surface area contributed by atoms with Crippen molar-refractivity contribution in [1.29, 1.82) is 0 Å². The summed E-state index contributed by atoms with van der Waals surface area (Å²) in [7, 11) is 0. The van der Waals surface area contributed by atoms with Crippen molar-refractivity contribution in [3.63, 3.8) is 0 Å². The van der Waals surface area contributed by atoms with Gasteiger partial charge in [-0.25, -0.2) is 0 Å². The molecule has 2 N–H and O–H groups in total. The number of ether oxygens (including phenoxy) is 1. The zero-order valence-electron chi connectivity index (χ0n) is 5.03. The van der Waals surface area contributed by atoms with Crippen molar-refractivity contribution in [1.82, 2.24) is 0 Å². The minimum Gasteiger partial charge on any atom is -0.475 e. The van der Waals surface area contributed by atoms with Crippen LogP contribution in [0.25, 0.3) is 0 Å². The monoisotopic (exact) mass is 132 g/mol. The van der Waals surface area contributed by atoms with Crippen LogP contribution in [0.3, 0.4) is 0 Å². The van der Waals surface area contributed by atoms with Gasteiger partial charge in [0.1, 0.15) is 0 Å². The predicted octanol–water partition coefficient (Wildman–Crippen LogP) is 0.0572. The molecule has 9 heavy (non-hydrogen) atoms. The molecule has 0 saturated heterocycles. The van der Waals surface area contributed by atoms with Crippen LogP contribution in [0.4, 0.5) is 0 Å². The van der Waals surface area contributed by atoms with E-state index in [9.17, 15) is 10.1 Å². The highest BCUT2D eigenvalue weighted by Gasteiger charge is 1.93. The van der Waals surface area contributed by atoms with Gasteiger partial charge in [-0.2, -0.15) is 0 Å². The average Bonchev–Trinajstić information content (AvgIpc) is 1.63. The smallest absolute Gasteiger partial charge is 0.293 e. The molecule has 0 aliphatic rings. The standard InChI is InChI=1S/C4H8N2O3/c1-2-9-4(5)3-6(7)8/h3H,2,5H2,1H3. The number of nitrogens with zero attached hydrogens (tertiary/aromatic N) is 1. The minimum atomic E-state index is -0.662. The molecule has 0 atom stereocenters. The first-order chi connectivity index (χ1) is 4.16. The van der Waals surface area contributed by atoms with Crippen molar-refractivity contribution < 1.29 is 9.66 Å². The lowest BCUT2D eigenvalue weighted by Gasteiger charge is -1.95. The van der Waals surface area contributed by atoms with Gasteiger partial charge in [0.25, 0.3) is 12.1 Å². The summed E-state index contributed by atoms with van der Waals surface area (Å²) in [6, 6.07) is 0. The maximum absolute atomic E-state index is 9.65. The van der Waals surface area contributed by atoms with Crippen LogP contribution in [0.1, 0.15) is 6.92 Å². The molecule has 0 saturated carbocycles. The first kappa shape index (κ1) is 7.74. The lowest BCUT2D eigenvalue weighted by atomic mass is 10.8. The zero-order valence-corrected chi connectivity index (χ0v) is 5.03. The van der Waals surface area contributed by atoms with E-state index in [-0.39, 0.29) is 5.88 Å². The van der Waals surface area contributed by atoms with E-state index >= 15 is 0 Å². The molecule has 0 spiro atoms. The SMILES string of the molecule is CCOC(N)=C[N+](=O)[O-]. The molecule has 0 rings (SSSR count). The lowest BCUT2D eigenvalue weighted by molar-refractivity contribution is -0.405. The number of rotatable bonds is 3. The summed E-state index contributed by atoms with van der Waals surface area (Å²) in [5, 5.41) is 9.65. The van der Waals surface area contributed by atoms with Gasteiger partial charge < -0.3 is 10.5 Å². The van der Waals surface area contributed by atoms with Crippen molar-refractivity contribution in [3.8, 4) is 0 Å². The van der Waals surface area contributed by atoms with Gasteiger partial charge in [-0.15, -0.1) is 0 Å². The molecule has 0 unspecified atom stereocenters. The summed E-state index contributed by atoms with van der Waals surface area (Å²) in [6.45, 7) is 2.04. The Morgan fingerprint density at radius 3 is 2.89 bits per heavy atom. The van der Waals surface area contributed by atoms with Gasteiger partial charge in [-0.05, 0) is 6.92 Å². The van der Waals surface area contributed by atoms with Crippen LogP contribution in [0.15, 0.2) is 12.1 Å². The highest BCUT2D eigenvalue weighted by atomic mass is 16.6. The Kier molecular flexibility index (Phi) is 3.19. The second-order valence-electron chi connectivity index (χ2n) is 1.25. The lowest BCUT2D eigenvalue weighted by Crippen LogP contribution is -2.04. The van der Waals surface area contributed by atoms with Gasteiger partial charge in [-0.1, -0.05) is 0 Å². The van der Waals surface area contributed by atoms with Crippen molar-refractivity contribution >= 4 is 0 Å². The highest BCUT2D eigenvalue weighted by molar-refractivity contribution is 4.77. The third kappa shape index (κ3) is 4.60. The number of hydrogen-bond acceptors (Lipinski definition) is 4. The zero-order chi connectivity index (χ0) is 7.28. The van der Waals surface area contributed by atoms with E-state index in [2.05, 4.69) is 4.74 Å². The molecule has 0 heterocycles. The van der Waals surface area contributed by atoms with E-state index in [1.54, 1.807) is 6.92 Å². The quantitative estimate of drug-likeness (QED) is 0.334. The van der Waals surface area contributed by atoms with Crippen LogP contribution in [0, 0.1) is 10.1 Å². The molecule has 5 nitrogen and oxygen atoms in total. The third-order valence-electron chi connectivity index (χ3n) is 0.544. The number of nitro groups is 1. The first-order valence-electron chi connectivity index (χ1n) is 2.40. The maximum atomic E-state index is 9.65. The van der Waals surface area contributed by atoms with Gasteiger partial charge in [0.2, 0.25) is 0 Å². The Labute approximate surface area is 52.3 Å². The van der Waals surface area contributed by atoms with Crippen LogP contribution in [-0.2, 0) is 4.74 Å². The molecule has 52 valence electrons. The Morgan fingerprint density at radius 1 is 2.00 bits per heavy atom. The van der Waals surface area contributed by atoms with Gasteiger partial charge in [0.15, 0.2) is 0 Å². The van der Waals surface area contributed by atoms with Crippen molar-refractivity contribution in [2.45, 2.75) is 6.92 Å². The summed E-state index contributed by atoms with van der Waals surface area (Å²) in [4.78, 5) is 8.99. The minimum absolute atomic E-state index is 0.164. The Bertz CT molecular complexity index is 132. The van der Waals surface area contributed by atoms with Gasteiger partial charge in [0.05, 0.1) is 11.5 Å². The average molecular weight is 132 g/mol. The second-order valence-corrected chi connectivity index (χ2v) is 1.25. The second kappa shape index (κ2) is 3.71. The van der Waals surface area contributed by atoms with Crippen LogP contribution in [0.5, 0.6) is 0 Å². The highest BCUT2D eigenvalue weighted by Crippen LogP contribution is 1.85. The summed E-state index contributed by atoms with van der Waals surface area (Å²) in [6.07, 6.45) is 0.615. The van der Waals surface area contributed by atoms with E-state index in [1.165, 1.54) is 0 Å². The normalized spacial score (nSPS) is 11.0. The predicted molar refractivity (Wildman–Crippen MR) is 30.9 cm³/mol. The summed E-state index contributed by atoms with van der Waals surface area (Å²) >= 11 is 0. The molecule has 0 aromatic rings. The van der Waals surface area contributed by atoms with Crippen molar-refractivity contribution in [3.05, 3.63) is 22.2 Å². The fraction of sp³-hybridized carbons (Fsp3) is 0.500. The molecule has 0 radical (unpaired) electrons. The van der Waals surface area contributed by atoms with E-state index in [1.807, 2.05) is 0 Å². The maximum Gasteiger partial charge on any atom is 0.293 e. The summed E-state index contributed by atoms with van der Waals surface area (Å²) < 4.78 is 4.55. The molecule has 0 fully saturated rings. The molecular weight excluding hydrogens is 124 g/mol. The molecular formula is C4H8N2O3. The largest absolute Gasteiger partial charge is 0.475 e. The Morgan fingerprint density at radius 2 is 2.56 bits per heavy atom. The van der Waals surface area contributed by atoms with Crippen LogP contribution < -0.4 is 5.73 Å². The van der Waals surface area contributed by atoms with Crippen molar-refractivity contribution in [2.75, 3.05) is 6.61 Å². The number of hydrogen-bond donors (Lipinski definition) is 1. The van der Waals surface area contributed by atoms with Gasteiger partial charge in [-0.3, -0.25) is 10.1 Å². The van der Waals surface area contributed by atoms with Crippen LogP contribution >= 0.6 is 0 Å². The molecule has 0 amide bonds. The van der Waals surface area contributed by atoms with E-state index in [0.29, 0.717) is 12.8 Å². The first-order valence-corrected chi connectivity index (χ1v) is 2.40. The van der Waals surface area contributed by atoms with Gasteiger partial charge in [0, 0.05) is 0 Å². The molecule has 0 aromatic heterocycles. The Hall–Kier alpha value is -1.26. The molecule has 0 bridgehead atoms. The molecule has 0 aliphatic carbocycles. The summed E-state index contributed by atoms with van der Waals surface area (Å²) in [5.74, 6) is -0.164. The Balaban J connectivity index is 3.69.